The summed E-state index contributed by atoms with van der Waals surface area (Å²) in [4.78, 5) is 43.5. The average Bonchev–Trinajstić information content (AvgIpc) is 3.59. The summed E-state index contributed by atoms with van der Waals surface area (Å²) in [6.07, 6.45) is 1.61. The number of hydrogen-bond donors (Lipinski definition) is 0. The van der Waals surface area contributed by atoms with Crippen molar-refractivity contribution in [3.63, 3.8) is 0 Å². The number of furan rings is 1. The van der Waals surface area contributed by atoms with E-state index in [0.717, 1.165) is 16.3 Å². The minimum absolute atomic E-state index is 0.0477. The number of nitro groups is 1. The Balaban J connectivity index is 1.55. The molecule has 0 aliphatic carbocycles. The van der Waals surface area contributed by atoms with Crippen LogP contribution in [0.25, 0.3) is 28.2 Å². The Morgan fingerprint density at radius 3 is 2.68 bits per heavy atom. The van der Waals surface area contributed by atoms with E-state index in [9.17, 15) is 19.7 Å². The van der Waals surface area contributed by atoms with Gasteiger partial charge in [-0.05, 0) is 55.3 Å². The zero-order valence-corrected chi connectivity index (χ0v) is 25.1. The number of nitrogens with zero attached hydrogens (tertiary/aromatic N) is 3. The first kappa shape index (κ1) is 28.8. The molecule has 3 heterocycles. The maximum atomic E-state index is 14.2. The second kappa shape index (κ2) is 11.4. The fourth-order valence-corrected chi connectivity index (χ4v) is 6.52. The lowest BCUT2D eigenvalue weighted by molar-refractivity contribution is -0.384. The summed E-state index contributed by atoms with van der Waals surface area (Å²) in [5, 5.41) is 13.1. The molecule has 6 rings (SSSR count). The predicted octanol–water partition coefficient (Wildman–Crippen LogP) is 5.44. The third kappa shape index (κ3) is 4.90. The Labute approximate surface area is 255 Å². The second-order valence-corrected chi connectivity index (χ2v) is 11.2. The molecule has 44 heavy (non-hydrogen) atoms. The highest BCUT2D eigenvalue weighted by Crippen LogP contribution is 2.40. The Hall–Kier alpha value is -5.29. The number of nitro benzene ring substituents is 1. The van der Waals surface area contributed by atoms with Crippen molar-refractivity contribution in [1.29, 1.82) is 0 Å². The summed E-state index contributed by atoms with van der Waals surface area (Å²) in [6.45, 7) is 5.45. The number of fused-ring (bicyclic) bond motifs is 2. The molecule has 1 aliphatic heterocycles. The molecular formula is C33H27N3O7S. The largest absolute Gasteiger partial charge is 0.496 e. The van der Waals surface area contributed by atoms with Crippen molar-refractivity contribution in [1.82, 2.24) is 4.57 Å². The van der Waals surface area contributed by atoms with E-state index in [0.29, 0.717) is 43.4 Å². The lowest BCUT2D eigenvalue weighted by Crippen LogP contribution is -2.40. The molecule has 1 aliphatic rings. The van der Waals surface area contributed by atoms with Gasteiger partial charge < -0.3 is 13.9 Å². The Kier molecular flexibility index (Phi) is 7.48. The van der Waals surface area contributed by atoms with Crippen molar-refractivity contribution in [3.8, 4) is 17.1 Å². The van der Waals surface area contributed by atoms with Crippen LogP contribution in [0.5, 0.6) is 5.75 Å². The number of carbonyl (C=O) groups excluding carboxylic acids is 1. The van der Waals surface area contributed by atoms with Crippen molar-refractivity contribution in [2.75, 3.05) is 13.7 Å². The number of aromatic nitrogens is 1. The smallest absolute Gasteiger partial charge is 0.338 e. The van der Waals surface area contributed by atoms with Crippen LogP contribution in [0.4, 0.5) is 5.69 Å². The van der Waals surface area contributed by atoms with Gasteiger partial charge in [-0.15, -0.1) is 0 Å². The minimum Gasteiger partial charge on any atom is -0.496 e. The van der Waals surface area contributed by atoms with Crippen LogP contribution >= 0.6 is 11.3 Å². The van der Waals surface area contributed by atoms with E-state index in [4.69, 9.17) is 13.9 Å². The molecule has 5 aromatic rings. The van der Waals surface area contributed by atoms with Gasteiger partial charge in [-0.1, -0.05) is 47.7 Å². The maximum absolute atomic E-state index is 14.2. The molecule has 0 saturated heterocycles. The summed E-state index contributed by atoms with van der Waals surface area (Å²) in [7, 11) is 1.55. The van der Waals surface area contributed by atoms with Crippen LogP contribution in [0, 0.1) is 17.0 Å². The van der Waals surface area contributed by atoms with E-state index in [1.807, 2.05) is 43.3 Å². The highest BCUT2D eigenvalue weighted by molar-refractivity contribution is 7.07. The summed E-state index contributed by atoms with van der Waals surface area (Å²) < 4.78 is 19.1. The molecule has 0 bridgehead atoms. The number of benzene rings is 3. The van der Waals surface area contributed by atoms with E-state index in [-0.39, 0.29) is 23.4 Å². The van der Waals surface area contributed by atoms with Crippen LogP contribution in [-0.2, 0) is 9.53 Å². The topological polar surface area (TPSA) is 126 Å². The number of non-ortho nitro benzene ring substituents is 1. The number of thiazole rings is 1. The molecule has 11 heteroatoms. The molecule has 0 spiro atoms. The molecule has 0 unspecified atom stereocenters. The fraction of sp³-hybridized carbons (Fsp3) is 0.182. The molecule has 1 atom stereocenters. The zero-order valence-electron chi connectivity index (χ0n) is 24.3. The minimum atomic E-state index is -0.867. The van der Waals surface area contributed by atoms with E-state index >= 15 is 0 Å². The number of methoxy groups -OCH3 is 1. The number of carbonyl (C=O) groups is 1. The normalized spacial score (nSPS) is 14.8. The van der Waals surface area contributed by atoms with E-state index in [1.165, 1.54) is 28.0 Å². The zero-order chi connectivity index (χ0) is 31.1. The number of allylic oxidation sites excluding steroid dienone is 1. The average molecular weight is 610 g/mol. The predicted molar refractivity (Wildman–Crippen MR) is 166 cm³/mol. The van der Waals surface area contributed by atoms with Crippen LogP contribution in [0.3, 0.4) is 0 Å². The Morgan fingerprint density at radius 1 is 1.14 bits per heavy atom. The number of aryl methyl sites for hydroxylation is 1. The van der Waals surface area contributed by atoms with Crippen LogP contribution < -0.4 is 19.6 Å². The second-order valence-electron chi connectivity index (χ2n) is 10.2. The first-order chi connectivity index (χ1) is 21.2. The van der Waals surface area contributed by atoms with Crippen molar-refractivity contribution in [3.05, 3.63) is 125 Å². The maximum Gasteiger partial charge on any atom is 0.338 e. The third-order valence-electron chi connectivity index (χ3n) is 7.54. The fourth-order valence-electron chi connectivity index (χ4n) is 5.49. The lowest BCUT2D eigenvalue weighted by Gasteiger charge is -2.27. The van der Waals surface area contributed by atoms with Gasteiger partial charge in [0.1, 0.15) is 23.3 Å². The quantitative estimate of drug-likeness (QED) is 0.137. The molecule has 0 saturated carbocycles. The van der Waals surface area contributed by atoms with Gasteiger partial charge >= 0.3 is 5.97 Å². The standard InChI is InChI=1S/C33H27N3O7S/c1-5-42-32(38)28-19(3)34-33-35(30(28)29-23-9-7-6-8-20(23)11-14-26(29)41-4)31(37)27(44-33)17-22-13-15-25(43-22)24-16-21(36(39)40)12-10-18(24)2/h6-17,30H,5H2,1-4H3/b27-17+/t30-/m0/s1. The third-order valence-corrected chi connectivity index (χ3v) is 8.52. The summed E-state index contributed by atoms with van der Waals surface area (Å²) in [6, 6.07) is 18.6. The van der Waals surface area contributed by atoms with Gasteiger partial charge in [0.05, 0.1) is 34.4 Å². The Morgan fingerprint density at radius 2 is 1.93 bits per heavy atom. The molecule has 10 nitrogen and oxygen atoms in total. The number of ether oxygens (including phenoxy) is 2. The van der Waals surface area contributed by atoms with Crippen LogP contribution in [0.2, 0.25) is 0 Å². The van der Waals surface area contributed by atoms with Gasteiger partial charge in [-0.2, -0.15) is 0 Å². The van der Waals surface area contributed by atoms with Gasteiger partial charge in [0.25, 0.3) is 11.2 Å². The number of hydrogen-bond acceptors (Lipinski definition) is 9. The van der Waals surface area contributed by atoms with Crippen LogP contribution in [-0.4, -0.2) is 29.2 Å². The highest BCUT2D eigenvalue weighted by atomic mass is 32.1. The molecular weight excluding hydrogens is 582 g/mol. The summed E-state index contributed by atoms with van der Waals surface area (Å²) in [5.41, 5.74) is 2.32. The Bertz CT molecular complexity index is 2190. The summed E-state index contributed by atoms with van der Waals surface area (Å²) in [5.74, 6) is 0.773. The molecule has 0 radical (unpaired) electrons. The van der Waals surface area contributed by atoms with E-state index in [1.54, 1.807) is 45.2 Å². The monoisotopic (exact) mass is 609 g/mol. The van der Waals surface area contributed by atoms with Gasteiger partial charge in [-0.3, -0.25) is 19.5 Å². The van der Waals surface area contributed by atoms with Crippen molar-refractivity contribution in [2.24, 2.45) is 4.99 Å². The molecule has 2 aromatic heterocycles. The first-order valence-corrected chi connectivity index (χ1v) is 14.6. The van der Waals surface area contributed by atoms with Gasteiger partial charge in [0.15, 0.2) is 4.80 Å². The first-order valence-electron chi connectivity index (χ1n) is 13.8. The van der Waals surface area contributed by atoms with Crippen LogP contribution in [0.15, 0.2) is 92.2 Å². The molecule has 3 aromatic carbocycles. The van der Waals surface area contributed by atoms with Gasteiger partial charge in [-0.25, -0.2) is 9.79 Å². The van der Waals surface area contributed by atoms with Gasteiger partial charge in [0.2, 0.25) is 0 Å². The van der Waals surface area contributed by atoms with Crippen molar-refractivity contribution < 1.29 is 23.6 Å². The van der Waals surface area contributed by atoms with Crippen LogP contribution in [0.1, 0.15) is 36.8 Å². The van der Waals surface area contributed by atoms with Crippen molar-refractivity contribution in [2.45, 2.75) is 26.8 Å². The van der Waals surface area contributed by atoms with Gasteiger partial charge in [0, 0.05) is 29.3 Å². The SMILES string of the molecule is CCOC(=O)C1=C(C)N=c2s/c(=C/c3ccc(-c4cc([N+](=O)[O-])ccc4C)o3)c(=O)n2[C@@H]1c1c(OC)ccc2ccccc12. The number of rotatable bonds is 7. The van der Waals surface area contributed by atoms with Crippen molar-refractivity contribution >= 4 is 39.8 Å². The highest BCUT2D eigenvalue weighted by Gasteiger charge is 2.36. The number of esters is 1. The molecule has 0 N–H and O–H groups in total. The molecule has 0 amide bonds. The molecule has 0 fully saturated rings. The van der Waals surface area contributed by atoms with E-state index < -0.39 is 16.9 Å². The molecule has 222 valence electrons. The lowest BCUT2D eigenvalue weighted by atomic mass is 9.90. The van der Waals surface area contributed by atoms with E-state index in [2.05, 4.69) is 4.99 Å². The summed E-state index contributed by atoms with van der Waals surface area (Å²) >= 11 is 1.17.